The van der Waals surface area contributed by atoms with E-state index in [9.17, 15) is 0 Å². The highest BCUT2D eigenvalue weighted by Crippen LogP contribution is 2.31. The van der Waals surface area contributed by atoms with Crippen molar-refractivity contribution in [3.8, 4) is 0 Å². The van der Waals surface area contributed by atoms with Crippen molar-refractivity contribution in [2.24, 2.45) is 0 Å². The Morgan fingerprint density at radius 1 is 1.30 bits per heavy atom. The second kappa shape index (κ2) is 7.31. The molecule has 1 aliphatic rings. The second-order valence-corrected chi connectivity index (χ2v) is 6.93. The van der Waals surface area contributed by atoms with Gasteiger partial charge in [0.25, 0.3) is 0 Å². The fourth-order valence-corrected chi connectivity index (χ4v) is 4.27. The summed E-state index contributed by atoms with van der Waals surface area (Å²) in [6.07, 6.45) is 1.91. The first-order valence-electron chi connectivity index (χ1n) is 6.40. The zero-order valence-corrected chi connectivity index (χ0v) is 13.5. The van der Waals surface area contributed by atoms with E-state index in [0.717, 1.165) is 18.8 Å². The van der Waals surface area contributed by atoms with Crippen LogP contribution in [0.15, 0.2) is 36.5 Å². The van der Waals surface area contributed by atoms with Gasteiger partial charge in [0.15, 0.2) is 5.13 Å². The number of anilines is 1. The van der Waals surface area contributed by atoms with Crippen LogP contribution in [-0.4, -0.2) is 27.9 Å². The Hall–Kier alpha value is -0.750. The summed E-state index contributed by atoms with van der Waals surface area (Å²) in [4.78, 5) is 7.94. The number of rotatable bonds is 3. The van der Waals surface area contributed by atoms with E-state index < -0.39 is 0 Å². The molecule has 20 heavy (non-hydrogen) atoms. The summed E-state index contributed by atoms with van der Waals surface area (Å²) in [5.74, 6) is 2.37. The first kappa shape index (κ1) is 15.6. The summed E-state index contributed by atoms with van der Waals surface area (Å²) in [5.41, 5.74) is 7.12. The number of aromatic nitrogens is 1. The van der Waals surface area contributed by atoms with Gasteiger partial charge >= 0.3 is 0 Å². The Morgan fingerprint density at radius 2 is 2.10 bits per heavy atom. The van der Waals surface area contributed by atoms with Crippen LogP contribution in [0, 0.1) is 0 Å². The monoisotopic (exact) mass is 327 g/mol. The zero-order valence-electron chi connectivity index (χ0n) is 11.1. The molecule has 0 bridgehead atoms. The zero-order chi connectivity index (χ0) is 13.1. The van der Waals surface area contributed by atoms with Gasteiger partial charge in [-0.1, -0.05) is 30.3 Å². The van der Waals surface area contributed by atoms with Crippen LogP contribution in [-0.2, 0) is 6.54 Å². The van der Waals surface area contributed by atoms with Gasteiger partial charge in [-0.15, -0.1) is 23.7 Å². The minimum Gasteiger partial charge on any atom is -0.375 e. The number of benzene rings is 1. The lowest BCUT2D eigenvalue weighted by Gasteiger charge is -2.35. The SMILES string of the molecule is Cl.Nc1ncc(CN2CCSCC2c2ccccc2)s1. The van der Waals surface area contributed by atoms with Crippen molar-refractivity contribution in [2.75, 3.05) is 23.8 Å². The number of thioether (sulfide) groups is 1. The first-order chi connectivity index (χ1) is 9.33. The van der Waals surface area contributed by atoms with Crippen LogP contribution >= 0.6 is 35.5 Å². The lowest BCUT2D eigenvalue weighted by molar-refractivity contribution is 0.214. The van der Waals surface area contributed by atoms with Crippen molar-refractivity contribution in [1.82, 2.24) is 9.88 Å². The highest BCUT2D eigenvalue weighted by Gasteiger charge is 2.24. The Morgan fingerprint density at radius 3 is 2.80 bits per heavy atom. The van der Waals surface area contributed by atoms with Crippen molar-refractivity contribution in [3.63, 3.8) is 0 Å². The quantitative estimate of drug-likeness (QED) is 0.937. The fourth-order valence-electron chi connectivity index (χ4n) is 2.41. The van der Waals surface area contributed by atoms with Crippen LogP contribution in [0.2, 0.25) is 0 Å². The molecule has 0 saturated carbocycles. The Kier molecular flexibility index (Phi) is 5.72. The maximum atomic E-state index is 5.71. The first-order valence-corrected chi connectivity index (χ1v) is 8.37. The summed E-state index contributed by atoms with van der Waals surface area (Å²) >= 11 is 3.64. The van der Waals surface area contributed by atoms with Crippen LogP contribution in [0.1, 0.15) is 16.5 Å². The summed E-state index contributed by atoms with van der Waals surface area (Å²) in [7, 11) is 0. The molecular weight excluding hydrogens is 310 g/mol. The molecule has 6 heteroatoms. The van der Waals surface area contributed by atoms with Gasteiger partial charge in [0, 0.05) is 41.7 Å². The summed E-state index contributed by atoms with van der Waals surface area (Å²) in [5, 5.41) is 0.664. The molecule has 2 aromatic rings. The van der Waals surface area contributed by atoms with Gasteiger partial charge in [-0.3, -0.25) is 4.90 Å². The van der Waals surface area contributed by atoms with E-state index in [1.807, 2.05) is 18.0 Å². The summed E-state index contributed by atoms with van der Waals surface area (Å²) < 4.78 is 0. The van der Waals surface area contributed by atoms with Gasteiger partial charge in [0.05, 0.1) is 0 Å². The Labute approximate surface area is 134 Å². The molecule has 3 nitrogen and oxygen atoms in total. The van der Waals surface area contributed by atoms with Crippen molar-refractivity contribution in [2.45, 2.75) is 12.6 Å². The van der Waals surface area contributed by atoms with Crippen molar-refractivity contribution < 1.29 is 0 Å². The average Bonchev–Trinajstić information content (AvgIpc) is 2.86. The maximum absolute atomic E-state index is 5.71. The number of halogens is 1. The lowest BCUT2D eigenvalue weighted by Crippen LogP contribution is -2.35. The second-order valence-electron chi connectivity index (χ2n) is 4.64. The fraction of sp³-hybridized carbons (Fsp3) is 0.357. The molecule has 1 fully saturated rings. The van der Waals surface area contributed by atoms with Gasteiger partial charge in [0.1, 0.15) is 0 Å². The molecule has 1 unspecified atom stereocenters. The largest absolute Gasteiger partial charge is 0.375 e. The van der Waals surface area contributed by atoms with E-state index in [1.165, 1.54) is 16.2 Å². The third-order valence-corrected chi connectivity index (χ3v) is 5.19. The number of nitrogens with two attached hydrogens (primary N) is 1. The average molecular weight is 328 g/mol. The normalized spacial score (nSPS) is 19.5. The molecule has 0 amide bonds. The summed E-state index contributed by atoms with van der Waals surface area (Å²) in [6, 6.07) is 11.3. The number of thiazole rings is 1. The summed E-state index contributed by atoms with van der Waals surface area (Å²) in [6.45, 7) is 2.08. The molecule has 0 aliphatic carbocycles. The highest BCUT2D eigenvalue weighted by atomic mass is 35.5. The van der Waals surface area contributed by atoms with Crippen molar-refractivity contribution >= 4 is 40.6 Å². The standard InChI is InChI=1S/C14H17N3S2.ClH/c15-14-16-8-12(19-14)9-17-6-7-18-10-13(17)11-4-2-1-3-5-11;/h1-5,8,13H,6-7,9-10H2,(H2,15,16);1H. The molecule has 1 saturated heterocycles. The van der Waals surface area contributed by atoms with E-state index in [-0.39, 0.29) is 12.4 Å². The number of nitrogens with zero attached hydrogens (tertiary/aromatic N) is 2. The molecule has 2 heterocycles. The molecule has 1 atom stereocenters. The predicted octanol–water partition coefficient (Wildman–Crippen LogP) is 3.44. The lowest BCUT2D eigenvalue weighted by atomic mass is 10.1. The van der Waals surface area contributed by atoms with Crippen LogP contribution in [0.5, 0.6) is 0 Å². The van der Waals surface area contributed by atoms with Gasteiger partial charge in [-0.05, 0) is 5.56 Å². The van der Waals surface area contributed by atoms with Crippen molar-refractivity contribution in [3.05, 3.63) is 47.0 Å². The molecule has 1 aromatic heterocycles. The number of hydrogen-bond donors (Lipinski definition) is 1. The van der Waals surface area contributed by atoms with E-state index in [1.54, 1.807) is 11.3 Å². The minimum absolute atomic E-state index is 0. The molecule has 3 rings (SSSR count). The van der Waals surface area contributed by atoms with E-state index in [4.69, 9.17) is 5.73 Å². The van der Waals surface area contributed by atoms with E-state index in [2.05, 4.69) is 40.2 Å². The predicted molar refractivity (Wildman–Crippen MR) is 90.7 cm³/mol. The molecular formula is C14H18ClN3S2. The maximum Gasteiger partial charge on any atom is 0.180 e. The van der Waals surface area contributed by atoms with Crippen molar-refractivity contribution in [1.29, 1.82) is 0 Å². The van der Waals surface area contributed by atoms with Crippen LogP contribution in [0.3, 0.4) is 0 Å². The van der Waals surface area contributed by atoms with Crippen LogP contribution in [0.4, 0.5) is 5.13 Å². The van der Waals surface area contributed by atoms with Gasteiger partial charge in [-0.25, -0.2) is 4.98 Å². The Bertz CT molecular complexity index is 532. The Balaban J connectivity index is 0.00000147. The van der Waals surface area contributed by atoms with Gasteiger partial charge < -0.3 is 5.73 Å². The smallest absolute Gasteiger partial charge is 0.180 e. The third-order valence-electron chi connectivity index (χ3n) is 3.35. The topological polar surface area (TPSA) is 42.1 Å². The highest BCUT2D eigenvalue weighted by molar-refractivity contribution is 7.99. The molecule has 1 aliphatic heterocycles. The molecule has 1 aromatic carbocycles. The molecule has 0 radical (unpaired) electrons. The molecule has 0 spiro atoms. The van der Waals surface area contributed by atoms with Gasteiger partial charge in [0.2, 0.25) is 0 Å². The van der Waals surface area contributed by atoms with Gasteiger partial charge in [-0.2, -0.15) is 11.8 Å². The van der Waals surface area contributed by atoms with Crippen LogP contribution in [0.25, 0.3) is 0 Å². The number of hydrogen-bond acceptors (Lipinski definition) is 5. The van der Waals surface area contributed by atoms with E-state index >= 15 is 0 Å². The molecule has 108 valence electrons. The van der Waals surface area contributed by atoms with Crippen LogP contribution < -0.4 is 5.73 Å². The number of nitrogen functional groups attached to an aromatic ring is 1. The minimum atomic E-state index is 0. The van der Waals surface area contributed by atoms with E-state index in [0.29, 0.717) is 11.2 Å². The third kappa shape index (κ3) is 3.67. The molecule has 2 N–H and O–H groups in total.